The van der Waals surface area contributed by atoms with Crippen LogP contribution >= 0.6 is 23.2 Å². The van der Waals surface area contributed by atoms with Gasteiger partial charge in [-0.2, -0.15) is 0 Å². The number of aromatic nitrogens is 1. The molecule has 0 aliphatic rings. The predicted octanol–water partition coefficient (Wildman–Crippen LogP) is 4.17. The molecule has 2 N–H and O–H groups in total. The third-order valence-corrected chi connectivity index (χ3v) is 3.93. The third-order valence-electron chi connectivity index (χ3n) is 3.20. The van der Waals surface area contributed by atoms with Gasteiger partial charge in [0.05, 0.1) is 34.8 Å². The summed E-state index contributed by atoms with van der Waals surface area (Å²) in [4.78, 5) is 16.0. The number of anilines is 1. The Morgan fingerprint density at radius 2 is 2.09 bits per heavy atom. The van der Waals surface area contributed by atoms with Crippen LogP contribution in [0.25, 0.3) is 22.2 Å². The minimum Gasteiger partial charge on any atom is -0.464 e. The number of esters is 1. The van der Waals surface area contributed by atoms with Gasteiger partial charge in [-0.25, -0.2) is 9.78 Å². The summed E-state index contributed by atoms with van der Waals surface area (Å²) in [6, 6.07) is 6.78. The molecule has 2 aromatic heterocycles. The van der Waals surface area contributed by atoms with Crippen molar-refractivity contribution in [3.05, 3.63) is 46.3 Å². The number of benzene rings is 1. The average Bonchev–Trinajstić information content (AvgIpc) is 3.00. The highest BCUT2D eigenvalue weighted by molar-refractivity contribution is 6.36. The molecule has 0 saturated carbocycles. The number of methoxy groups -OCH3 is 1. The number of nitrogen functional groups attached to an aromatic ring is 1. The maximum Gasteiger partial charge on any atom is 0.358 e. The van der Waals surface area contributed by atoms with E-state index in [0.717, 1.165) is 5.39 Å². The molecule has 0 radical (unpaired) electrons. The summed E-state index contributed by atoms with van der Waals surface area (Å²) < 4.78 is 10.1. The lowest BCUT2D eigenvalue weighted by Crippen LogP contribution is -2.08. The highest BCUT2D eigenvalue weighted by Crippen LogP contribution is 2.35. The van der Waals surface area contributed by atoms with Crippen molar-refractivity contribution < 1.29 is 13.9 Å². The molecule has 0 amide bonds. The molecule has 3 rings (SSSR count). The van der Waals surface area contributed by atoms with E-state index in [1.807, 2.05) is 0 Å². The number of pyridine rings is 1. The molecular formula is C15H10Cl2N2O3. The van der Waals surface area contributed by atoms with E-state index in [9.17, 15) is 4.79 Å². The average molecular weight is 337 g/mol. The molecule has 0 saturated heterocycles. The van der Waals surface area contributed by atoms with Crippen LogP contribution in [0.4, 0.5) is 5.69 Å². The van der Waals surface area contributed by atoms with E-state index in [4.69, 9.17) is 33.4 Å². The highest BCUT2D eigenvalue weighted by atomic mass is 35.5. The molecule has 2 heterocycles. The van der Waals surface area contributed by atoms with Crippen LogP contribution in [0.3, 0.4) is 0 Å². The second kappa shape index (κ2) is 5.51. The maximum absolute atomic E-state index is 11.8. The van der Waals surface area contributed by atoms with Gasteiger partial charge in [0.1, 0.15) is 5.58 Å². The Labute approximate surface area is 135 Å². The van der Waals surface area contributed by atoms with Gasteiger partial charge in [0.25, 0.3) is 0 Å². The van der Waals surface area contributed by atoms with Gasteiger partial charge in [0, 0.05) is 10.9 Å². The molecule has 112 valence electrons. The fourth-order valence-electron chi connectivity index (χ4n) is 2.15. The third kappa shape index (κ3) is 2.28. The lowest BCUT2D eigenvalue weighted by atomic mass is 10.1. The number of nitrogens with two attached hydrogens (primary N) is 1. The Hall–Kier alpha value is -2.24. The van der Waals surface area contributed by atoms with Gasteiger partial charge in [-0.15, -0.1) is 0 Å². The standard InChI is InChI=1S/C15H10Cl2N2O3/c1-21-15(20)13-12(17)10(18)6-11(19-13)8-2-3-9(16)7-4-5-22-14(7)8/h2-6H,1H3,(H2,18,19). The molecule has 0 atom stereocenters. The molecule has 0 unspecified atom stereocenters. The van der Waals surface area contributed by atoms with E-state index in [2.05, 4.69) is 9.72 Å². The number of hydrogen-bond donors (Lipinski definition) is 1. The fraction of sp³-hybridized carbons (Fsp3) is 0.0667. The van der Waals surface area contributed by atoms with Crippen molar-refractivity contribution in [2.45, 2.75) is 0 Å². The van der Waals surface area contributed by atoms with E-state index in [-0.39, 0.29) is 16.4 Å². The lowest BCUT2D eigenvalue weighted by molar-refractivity contribution is 0.0594. The van der Waals surface area contributed by atoms with Gasteiger partial charge in [0.2, 0.25) is 0 Å². The first-order valence-electron chi connectivity index (χ1n) is 6.23. The molecule has 0 spiro atoms. The topological polar surface area (TPSA) is 78.3 Å². The first-order valence-corrected chi connectivity index (χ1v) is 6.99. The van der Waals surface area contributed by atoms with Crippen LogP contribution in [0, 0.1) is 0 Å². The number of rotatable bonds is 2. The van der Waals surface area contributed by atoms with Crippen LogP contribution in [-0.4, -0.2) is 18.1 Å². The number of fused-ring (bicyclic) bond motifs is 1. The van der Waals surface area contributed by atoms with Gasteiger partial charge in [0.15, 0.2) is 5.69 Å². The largest absolute Gasteiger partial charge is 0.464 e. The summed E-state index contributed by atoms with van der Waals surface area (Å²) in [5.74, 6) is -0.664. The van der Waals surface area contributed by atoms with Gasteiger partial charge < -0.3 is 14.9 Å². The van der Waals surface area contributed by atoms with Crippen molar-refractivity contribution in [1.29, 1.82) is 0 Å². The summed E-state index contributed by atoms with van der Waals surface area (Å²) in [5, 5.41) is 1.36. The maximum atomic E-state index is 11.8. The molecule has 0 bridgehead atoms. The van der Waals surface area contributed by atoms with E-state index in [1.165, 1.54) is 13.4 Å². The van der Waals surface area contributed by atoms with Gasteiger partial charge in [-0.1, -0.05) is 23.2 Å². The fourth-order valence-corrected chi connectivity index (χ4v) is 2.53. The number of ether oxygens (including phenoxy) is 1. The molecule has 0 aliphatic heterocycles. The first kappa shape index (κ1) is 14.7. The van der Waals surface area contributed by atoms with Crippen molar-refractivity contribution >= 4 is 45.8 Å². The molecule has 1 aromatic carbocycles. The molecule has 0 fully saturated rings. The quantitative estimate of drug-likeness (QED) is 0.710. The van der Waals surface area contributed by atoms with Crippen LogP contribution in [0.15, 0.2) is 34.9 Å². The SMILES string of the molecule is COC(=O)c1nc(-c2ccc(Cl)c3ccoc23)cc(N)c1Cl. The highest BCUT2D eigenvalue weighted by Gasteiger charge is 2.19. The summed E-state index contributed by atoms with van der Waals surface area (Å²) in [5.41, 5.74) is 7.69. The number of furan rings is 1. The van der Waals surface area contributed by atoms with Crippen LogP contribution in [0.1, 0.15) is 10.5 Å². The second-order valence-electron chi connectivity index (χ2n) is 4.51. The smallest absolute Gasteiger partial charge is 0.358 e. The number of carbonyl (C=O) groups excluding carboxylic acids is 1. The molecule has 5 nitrogen and oxygen atoms in total. The van der Waals surface area contributed by atoms with E-state index >= 15 is 0 Å². The molecule has 22 heavy (non-hydrogen) atoms. The molecule has 3 aromatic rings. The summed E-state index contributed by atoms with van der Waals surface area (Å²) in [7, 11) is 1.25. The molecule has 7 heteroatoms. The molecule has 0 aliphatic carbocycles. The zero-order valence-electron chi connectivity index (χ0n) is 11.4. The Bertz CT molecular complexity index is 890. The summed E-state index contributed by atoms with van der Waals surface area (Å²) >= 11 is 12.1. The Morgan fingerprint density at radius 3 is 2.82 bits per heavy atom. The zero-order valence-corrected chi connectivity index (χ0v) is 12.9. The van der Waals surface area contributed by atoms with E-state index in [1.54, 1.807) is 24.3 Å². The number of hydrogen-bond acceptors (Lipinski definition) is 5. The number of carbonyl (C=O) groups is 1. The van der Waals surface area contributed by atoms with Crippen molar-refractivity contribution in [3.63, 3.8) is 0 Å². The van der Waals surface area contributed by atoms with Gasteiger partial charge in [-0.05, 0) is 24.3 Å². The first-order chi connectivity index (χ1) is 10.5. The zero-order chi connectivity index (χ0) is 15.9. The van der Waals surface area contributed by atoms with Crippen molar-refractivity contribution in [3.8, 4) is 11.3 Å². The number of nitrogens with zero attached hydrogens (tertiary/aromatic N) is 1. The van der Waals surface area contributed by atoms with Crippen molar-refractivity contribution in [2.75, 3.05) is 12.8 Å². The normalized spacial score (nSPS) is 10.9. The Kier molecular flexibility index (Phi) is 3.68. The van der Waals surface area contributed by atoms with Crippen molar-refractivity contribution in [1.82, 2.24) is 4.98 Å². The number of halogens is 2. The molecular weight excluding hydrogens is 327 g/mol. The van der Waals surface area contributed by atoms with Crippen LogP contribution in [0.5, 0.6) is 0 Å². The lowest BCUT2D eigenvalue weighted by Gasteiger charge is -2.09. The monoisotopic (exact) mass is 336 g/mol. The van der Waals surface area contributed by atoms with Crippen LogP contribution < -0.4 is 5.73 Å². The Balaban J connectivity index is 2.27. The van der Waals surface area contributed by atoms with E-state index in [0.29, 0.717) is 21.9 Å². The predicted molar refractivity (Wildman–Crippen MR) is 85.2 cm³/mol. The van der Waals surface area contributed by atoms with Gasteiger partial charge in [-0.3, -0.25) is 0 Å². The van der Waals surface area contributed by atoms with Gasteiger partial charge >= 0.3 is 5.97 Å². The van der Waals surface area contributed by atoms with Crippen molar-refractivity contribution in [2.24, 2.45) is 0 Å². The van der Waals surface area contributed by atoms with E-state index < -0.39 is 5.97 Å². The van der Waals surface area contributed by atoms with Crippen LogP contribution in [-0.2, 0) is 4.74 Å². The minimum absolute atomic E-state index is 0.0474. The minimum atomic E-state index is -0.664. The second-order valence-corrected chi connectivity index (χ2v) is 5.29. The summed E-state index contributed by atoms with van der Waals surface area (Å²) in [6.07, 6.45) is 1.53. The Morgan fingerprint density at radius 1 is 1.32 bits per heavy atom. The van der Waals surface area contributed by atoms with Crippen LogP contribution in [0.2, 0.25) is 10.0 Å². The summed E-state index contributed by atoms with van der Waals surface area (Å²) in [6.45, 7) is 0.